The Balaban J connectivity index is 1.66. The topological polar surface area (TPSA) is 74.3 Å². The van der Waals surface area contributed by atoms with Gasteiger partial charge in [0.1, 0.15) is 5.69 Å². The molecule has 0 aliphatic carbocycles. The zero-order valence-electron chi connectivity index (χ0n) is 11.1. The summed E-state index contributed by atoms with van der Waals surface area (Å²) < 4.78 is 0. The predicted molar refractivity (Wildman–Crippen MR) is 75.6 cm³/mol. The van der Waals surface area contributed by atoms with E-state index in [1.54, 1.807) is 12.1 Å². The maximum absolute atomic E-state index is 11.8. The number of hydrogen-bond acceptors (Lipinski definition) is 4. The normalized spacial score (nSPS) is 15.8. The average Bonchev–Trinajstić information content (AvgIpc) is 2.44. The standard InChI is InChI=1S/C13H17ClN4O2/c14-10-2-3-11(17-8-10)13(20)16-4-1-6-18-7-5-15-12(19)9-18/h2-3,8H,1,4-7,9H2,(H,15,19)(H,16,20). The molecule has 0 spiro atoms. The molecule has 0 atom stereocenters. The lowest BCUT2D eigenvalue weighted by molar-refractivity contribution is -0.124. The van der Waals surface area contributed by atoms with Gasteiger partial charge in [0.05, 0.1) is 11.6 Å². The molecule has 1 aliphatic rings. The van der Waals surface area contributed by atoms with Crippen molar-refractivity contribution >= 4 is 23.4 Å². The first kappa shape index (κ1) is 14.7. The van der Waals surface area contributed by atoms with Gasteiger partial charge in [0.15, 0.2) is 0 Å². The lowest BCUT2D eigenvalue weighted by Gasteiger charge is -2.26. The Kier molecular flexibility index (Phi) is 5.31. The van der Waals surface area contributed by atoms with Crippen LogP contribution in [0, 0.1) is 0 Å². The molecule has 108 valence electrons. The van der Waals surface area contributed by atoms with E-state index in [0.29, 0.717) is 30.4 Å². The van der Waals surface area contributed by atoms with Gasteiger partial charge in [-0.2, -0.15) is 0 Å². The van der Waals surface area contributed by atoms with E-state index < -0.39 is 0 Å². The highest BCUT2D eigenvalue weighted by atomic mass is 35.5. The van der Waals surface area contributed by atoms with Crippen molar-refractivity contribution in [2.75, 3.05) is 32.7 Å². The largest absolute Gasteiger partial charge is 0.354 e. The Bertz CT molecular complexity index is 478. The zero-order chi connectivity index (χ0) is 14.4. The van der Waals surface area contributed by atoms with Gasteiger partial charge in [0.25, 0.3) is 5.91 Å². The number of aromatic nitrogens is 1. The number of hydrogen-bond donors (Lipinski definition) is 2. The molecule has 1 saturated heterocycles. The quantitative estimate of drug-likeness (QED) is 0.766. The molecule has 0 bridgehead atoms. The highest BCUT2D eigenvalue weighted by molar-refractivity contribution is 6.30. The summed E-state index contributed by atoms with van der Waals surface area (Å²) >= 11 is 5.71. The van der Waals surface area contributed by atoms with Crippen LogP contribution >= 0.6 is 11.6 Å². The Morgan fingerprint density at radius 1 is 1.50 bits per heavy atom. The summed E-state index contributed by atoms with van der Waals surface area (Å²) in [5, 5.41) is 6.08. The summed E-state index contributed by atoms with van der Waals surface area (Å²) in [6.45, 7) is 3.34. The SMILES string of the molecule is O=C1CN(CCCNC(=O)c2ccc(Cl)cn2)CCN1. The second-order valence-corrected chi connectivity index (χ2v) is 5.03. The molecular formula is C13H17ClN4O2. The van der Waals surface area contributed by atoms with Crippen molar-refractivity contribution in [3.63, 3.8) is 0 Å². The molecule has 0 aromatic carbocycles. The van der Waals surface area contributed by atoms with Crippen LogP contribution in [0.4, 0.5) is 0 Å². The Labute approximate surface area is 122 Å². The fourth-order valence-corrected chi connectivity index (χ4v) is 2.10. The first-order valence-corrected chi connectivity index (χ1v) is 6.92. The van der Waals surface area contributed by atoms with Gasteiger partial charge in [-0.15, -0.1) is 0 Å². The van der Waals surface area contributed by atoms with Crippen molar-refractivity contribution < 1.29 is 9.59 Å². The lowest BCUT2D eigenvalue weighted by Crippen LogP contribution is -2.48. The number of halogens is 1. The number of nitrogens with one attached hydrogen (secondary N) is 2. The third-order valence-corrected chi connectivity index (χ3v) is 3.24. The van der Waals surface area contributed by atoms with Crippen molar-refractivity contribution in [2.45, 2.75) is 6.42 Å². The molecule has 20 heavy (non-hydrogen) atoms. The number of piperazine rings is 1. The number of carbonyl (C=O) groups excluding carboxylic acids is 2. The minimum Gasteiger partial charge on any atom is -0.354 e. The molecule has 1 aromatic heterocycles. The molecule has 0 saturated carbocycles. The Morgan fingerprint density at radius 3 is 3.05 bits per heavy atom. The average molecular weight is 297 g/mol. The van der Waals surface area contributed by atoms with Crippen molar-refractivity contribution in [2.24, 2.45) is 0 Å². The van der Waals surface area contributed by atoms with Crippen LogP contribution in [0.2, 0.25) is 5.02 Å². The summed E-state index contributed by atoms with van der Waals surface area (Å²) in [5.41, 5.74) is 0.353. The highest BCUT2D eigenvalue weighted by Crippen LogP contribution is 2.05. The predicted octanol–water partition coefficient (Wildman–Crippen LogP) is 0.287. The minimum absolute atomic E-state index is 0.0608. The summed E-state index contributed by atoms with van der Waals surface area (Å²) in [6.07, 6.45) is 2.25. The zero-order valence-corrected chi connectivity index (χ0v) is 11.8. The monoisotopic (exact) mass is 296 g/mol. The molecule has 2 amide bonds. The molecule has 2 rings (SSSR count). The Morgan fingerprint density at radius 2 is 2.35 bits per heavy atom. The number of amides is 2. The summed E-state index contributed by atoms with van der Waals surface area (Å²) in [7, 11) is 0. The lowest BCUT2D eigenvalue weighted by atomic mass is 10.3. The van der Waals surface area contributed by atoms with Crippen LogP contribution in [-0.2, 0) is 4.79 Å². The first-order chi connectivity index (χ1) is 9.65. The molecule has 2 heterocycles. The van der Waals surface area contributed by atoms with Gasteiger partial charge in [-0.1, -0.05) is 11.6 Å². The van der Waals surface area contributed by atoms with Gasteiger partial charge < -0.3 is 10.6 Å². The van der Waals surface area contributed by atoms with E-state index in [1.807, 2.05) is 0 Å². The number of pyridine rings is 1. The van der Waals surface area contributed by atoms with Crippen molar-refractivity contribution in [1.82, 2.24) is 20.5 Å². The van der Waals surface area contributed by atoms with Crippen molar-refractivity contribution in [3.8, 4) is 0 Å². The highest BCUT2D eigenvalue weighted by Gasteiger charge is 2.15. The molecule has 2 N–H and O–H groups in total. The van der Waals surface area contributed by atoms with E-state index >= 15 is 0 Å². The van der Waals surface area contributed by atoms with E-state index in [4.69, 9.17) is 11.6 Å². The van der Waals surface area contributed by atoms with Gasteiger partial charge in [-0.05, 0) is 18.6 Å². The Hall–Kier alpha value is -1.66. The van der Waals surface area contributed by atoms with Crippen LogP contribution < -0.4 is 10.6 Å². The third-order valence-electron chi connectivity index (χ3n) is 3.01. The maximum Gasteiger partial charge on any atom is 0.269 e. The van der Waals surface area contributed by atoms with Gasteiger partial charge >= 0.3 is 0 Å². The first-order valence-electron chi connectivity index (χ1n) is 6.54. The van der Waals surface area contributed by atoms with Crippen LogP contribution in [0.25, 0.3) is 0 Å². The van der Waals surface area contributed by atoms with Crippen LogP contribution in [0.15, 0.2) is 18.3 Å². The molecule has 1 aliphatic heterocycles. The second kappa shape index (κ2) is 7.21. The third kappa shape index (κ3) is 4.47. The van der Waals surface area contributed by atoms with E-state index in [2.05, 4.69) is 20.5 Å². The number of rotatable bonds is 5. The molecule has 7 heteroatoms. The van der Waals surface area contributed by atoms with Crippen LogP contribution in [-0.4, -0.2) is 54.4 Å². The second-order valence-electron chi connectivity index (χ2n) is 4.60. The van der Waals surface area contributed by atoms with Crippen molar-refractivity contribution in [1.29, 1.82) is 0 Å². The minimum atomic E-state index is -0.210. The maximum atomic E-state index is 11.8. The van der Waals surface area contributed by atoms with Gasteiger partial charge in [-0.25, -0.2) is 4.98 Å². The fraction of sp³-hybridized carbons (Fsp3) is 0.462. The number of carbonyl (C=O) groups is 2. The summed E-state index contributed by atoms with van der Waals surface area (Å²) in [6, 6.07) is 3.22. The van der Waals surface area contributed by atoms with Crippen LogP contribution in [0.3, 0.4) is 0 Å². The molecule has 1 aromatic rings. The molecule has 1 fully saturated rings. The van der Waals surface area contributed by atoms with Crippen LogP contribution in [0.5, 0.6) is 0 Å². The smallest absolute Gasteiger partial charge is 0.269 e. The van der Waals surface area contributed by atoms with E-state index in [9.17, 15) is 9.59 Å². The molecule has 0 unspecified atom stereocenters. The van der Waals surface area contributed by atoms with Gasteiger partial charge in [0, 0.05) is 32.4 Å². The summed E-state index contributed by atoms with van der Waals surface area (Å²) in [5.74, 6) is -0.149. The van der Waals surface area contributed by atoms with Crippen LogP contribution in [0.1, 0.15) is 16.9 Å². The summed E-state index contributed by atoms with van der Waals surface area (Å²) in [4.78, 5) is 29.0. The van der Waals surface area contributed by atoms with Gasteiger partial charge in [0.2, 0.25) is 5.91 Å². The molecule has 6 nitrogen and oxygen atoms in total. The number of nitrogens with zero attached hydrogens (tertiary/aromatic N) is 2. The van der Waals surface area contributed by atoms with E-state index in [0.717, 1.165) is 19.5 Å². The van der Waals surface area contributed by atoms with Crippen molar-refractivity contribution in [3.05, 3.63) is 29.0 Å². The molecule has 0 radical (unpaired) electrons. The molecular weight excluding hydrogens is 280 g/mol. The van der Waals surface area contributed by atoms with Gasteiger partial charge in [-0.3, -0.25) is 14.5 Å². The fourth-order valence-electron chi connectivity index (χ4n) is 1.99. The van der Waals surface area contributed by atoms with E-state index in [1.165, 1.54) is 6.20 Å². The van der Waals surface area contributed by atoms with E-state index in [-0.39, 0.29) is 11.8 Å².